The van der Waals surface area contributed by atoms with E-state index in [0.717, 1.165) is 5.56 Å². The third-order valence-electron chi connectivity index (χ3n) is 2.77. The van der Waals surface area contributed by atoms with Crippen LogP contribution >= 0.6 is 0 Å². The van der Waals surface area contributed by atoms with Crippen LogP contribution < -0.4 is 0 Å². The van der Waals surface area contributed by atoms with Crippen molar-refractivity contribution in [2.45, 2.75) is 45.0 Å². The Morgan fingerprint density at radius 3 is 2.41 bits per heavy atom. The molecule has 1 saturated heterocycles. The Hall–Kier alpha value is -1.35. The summed E-state index contributed by atoms with van der Waals surface area (Å²) < 4.78 is 10.8. The van der Waals surface area contributed by atoms with Crippen LogP contribution in [0.1, 0.15) is 33.3 Å². The standard InChI is InChI=1S/C14H18O3/c1-13(2,3)17-12(15)11-14(4,16-11)10-8-6-5-7-9-10/h5-9,11H,1-4H3/t11-,14-/m1/s1. The van der Waals surface area contributed by atoms with Crippen LogP contribution in [0.15, 0.2) is 30.3 Å². The molecule has 1 aromatic rings. The highest BCUT2D eigenvalue weighted by Gasteiger charge is 2.59. The fourth-order valence-corrected chi connectivity index (χ4v) is 1.83. The third-order valence-corrected chi connectivity index (χ3v) is 2.77. The molecule has 0 bridgehead atoms. The summed E-state index contributed by atoms with van der Waals surface area (Å²) in [6.07, 6.45) is -0.482. The summed E-state index contributed by atoms with van der Waals surface area (Å²) >= 11 is 0. The molecule has 1 aliphatic heterocycles. The van der Waals surface area contributed by atoms with Crippen LogP contribution in [-0.2, 0) is 19.9 Å². The summed E-state index contributed by atoms with van der Waals surface area (Å²) in [6, 6.07) is 9.75. The molecule has 1 aliphatic rings. The Labute approximate surface area is 102 Å². The molecule has 0 unspecified atom stereocenters. The van der Waals surface area contributed by atoms with E-state index < -0.39 is 17.3 Å². The zero-order valence-electron chi connectivity index (χ0n) is 10.7. The molecular formula is C14H18O3. The summed E-state index contributed by atoms with van der Waals surface area (Å²) in [5.74, 6) is -0.288. The first kappa shape index (κ1) is 12.1. The summed E-state index contributed by atoms with van der Waals surface area (Å²) in [5.41, 5.74) is 0.0142. The second-order valence-electron chi connectivity index (χ2n) is 5.50. The lowest BCUT2D eigenvalue weighted by Crippen LogP contribution is -2.28. The van der Waals surface area contributed by atoms with Gasteiger partial charge in [0.2, 0.25) is 0 Å². The SMILES string of the molecule is CC(C)(C)OC(=O)[C@H]1O[C@]1(C)c1ccccc1. The summed E-state index contributed by atoms with van der Waals surface area (Å²) in [4.78, 5) is 11.9. The molecule has 1 fully saturated rings. The van der Waals surface area contributed by atoms with Gasteiger partial charge in [-0.15, -0.1) is 0 Å². The summed E-state index contributed by atoms with van der Waals surface area (Å²) in [5, 5.41) is 0. The van der Waals surface area contributed by atoms with Crippen molar-refractivity contribution in [3.05, 3.63) is 35.9 Å². The van der Waals surface area contributed by atoms with Crippen LogP contribution in [0.5, 0.6) is 0 Å². The van der Waals surface area contributed by atoms with E-state index in [1.807, 2.05) is 58.0 Å². The van der Waals surface area contributed by atoms with Crippen molar-refractivity contribution >= 4 is 5.97 Å². The first-order valence-corrected chi connectivity index (χ1v) is 5.79. The van der Waals surface area contributed by atoms with Gasteiger partial charge in [0.15, 0.2) is 6.10 Å². The molecule has 0 spiro atoms. The quantitative estimate of drug-likeness (QED) is 0.583. The maximum atomic E-state index is 11.9. The molecule has 0 aromatic heterocycles. The van der Waals surface area contributed by atoms with Gasteiger partial charge in [-0.05, 0) is 33.3 Å². The fourth-order valence-electron chi connectivity index (χ4n) is 1.83. The molecule has 3 nitrogen and oxygen atoms in total. The average molecular weight is 234 g/mol. The number of ether oxygens (including phenoxy) is 2. The number of carbonyl (C=O) groups is 1. The maximum Gasteiger partial charge on any atom is 0.339 e. The molecule has 2 rings (SSSR count). The number of benzene rings is 1. The molecule has 3 heteroatoms. The van der Waals surface area contributed by atoms with Gasteiger partial charge >= 0.3 is 5.97 Å². The van der Waals surface area contributed by atoms with Crippen molar-refractivity contribution < 1.29 is 14.3 Å². The largest absolute Gasteiger partial charge is 0.458 e. The lowest BCUT2D eigenvalue weighted by Gasteiger charge is -2.19. The van der Waals surface area contributed by atoms with Crippen molar-refractivity contribution in [1.82, 2.24) is 0 Å². The lowest BCUT2D eigenvalue weighted by molar-refractivity contribution is -0.156. The molecule has 2 atom stereocenters. The minimum Gasteiger partial charge on any atom is -0.458 e. The van der Waals surface area contributed by atoms with Gasteiger partial charge in [-0.1, -0.05) is 30.3 Å². The fraction of sp³-hybridized carbons (Fsp3) is 0.500. The van der Waals surface area contributed by atoms with Crippen molar-refractivity contribution in [3.63, 3.8) is 0 Å². The minimum absolute atomic E-state index is 0.288. The molecular weight excluding hydrogens is 216 g/mol. The number of hydrogen-bond acceptors (Lipinski definition) is 3. The third kappa shape index (κ3) is 2.50. The first-order chi connectivity index (χ1) is 7.83. The monoisotopic (exact) mass is 234 g/mol. The Balaban J connectivity index is 2.07. The van der Waals surface area contributed by atoms with Gasteiger partial charge in [0, 0.05) is 0 Å². The van der Waals surface area contributed by atoms with Crippen LogP contribution in [0.3, 0.4) is 0 Å². The van der Waals surface area contributed by atoms with Gasteiger partial charge in [0.1, 0.15) is 11.2 Å². The molecule has 1 aromatic carbocycles. The molecule has 1 heterocycles. The van der Waals surface area contributed by atoms with Crippen LogP contribution in [0.25, 0.3) is 0 Å². The molecule has 0 radical (unpaired) electrons. The van der Waals surface area contributed by atoms with E-state index in [1.54, 1.807) is 0 Å². The van der Waals surface area contributed by atoms with Gasteiger partial charge in [-0.25, -0.2) is 4.79 Å². The van der Waals surface area contributed by atoms with Gasteiger partial charge < -0.3 is 9.47 Å². The molecule has 17 heavy (non-hydrogen) atoms. The van der Waals surface area contributed by atoms with E-state index >= 15 is 0 Å². The molecule has 92 valence electrons. The average Bonchev–Trinajstić information content (AvgIpc) is 2.92. The van der Waals surface area contributed by atoms with Crippen molar-refractivity contribution in [2.75, 3.05) is 0 Å². The number of carbonyl (C=O) groups excluding carboxylic acids is 1. The zero-order chi connectivity index (χ0) is 12.7. The van der Waals surface area contributed by atoms with Gasteiger partial charge in [-0.3, -0.25) is 0 Å². The molecule has 0 N–H and O–H groups in total. The van der Waals surface area contributed by atoms with Crippen molar-refractivity contribution in [3.8, 4) is 0 Å². The lowest BCUT2D eigenvalue weighted by atomic mass is 9.97. The van der Waals surface area contributed by atoms with Gasteiger partial charge in [0.05, 0.1) is 0 Å². The van der Waals surface area contributed by atoms with E-state index in [2.05, 4.69) is 0 Å². The zero-order valence-corrected chi connectivity index (χ0v) is 10.7. The minimum atomic E-state index is -0.524. The van der Waals surface area contributed by atoms with Gasteiger partial charge in [0.25, 0.3) is 0 Å². The van der Waals surface area contributed by atoms with Crippen LogP contribution in [0.4, 0.5) is 0 Å². The highest BCUT2D eigenvalue weighted by molar-refractivity contribution is 5.80. The highest BCUT2D eigenvalue weighted by atomic mass is 16.7. The Morgan fingerprint density at radius 2 is 1.88 bits per heavy atom. The first-order valence-electron chi connectivity index (χ1n) is 5.79. The van der Waals surface area contributed by atoms with Crippen LogP contribution in [-0.4, -0.2) is 17.7 Å². The number of rotatable bonds is 2. The Bertz CT molecular complexity index is 419. The summed E-state index contributed by atoms with van der Waals surface area (Å²) in [6.45, 7) is 7.48. The van der Waals surface area contributed by atoms with Crippen LogP contribution in [0.2, 0.25) is 0 Å². The van der Waals surface area contributed by atoms with E-state index in [9.17, 15) is 4.79 Å². The molecule has 0 saturated carbocycles. The Kier molecular flexibility index (Phi) is 2.74. The number of epoxide rings is 1. The second-order valence-corrected chi connectivity index (χ2v) is 5.50. The highest BCUT2D eigenvalue weighted by Crippen LogP contribution is 2.46. The normalized spacial score (nSPS) is 27.6. The van der Waals surface area contributed by atoms with Crippen molar-refractivity contribution in [1.29, 1.82) is 0 Å². The van der Waals surface area contributed by atoms with Crippen molar-refractivity contribution in [2.24, 2.45) is 0 Å². The smallest absolute Gasteiger partial charge is 0.339 e. The summed E-state index contributed by atoms with van der Waals surface area (Å²) in [7, 11) is 0. The number of esters is 1. The van der Waals surface area contributed by atoms with E-state index in [0.29, 0.717) is 0 Å². The van der Waals surface area contributed by atoms with Crippen LogP contribution in [0, 0.1) is 0 Å². The second kappa shape index (κ2) is 3.84. The van der Waals surface area contributed by atoms with E-state index in [4.69, 9.17) is 9.47 Å². The van der Waals surface area contributed by atoms with E-state index in [-0.39, 0.29) is 5.97 Å². The Morgan fingerprint density at radius 1 is 1.29 bits per heavy atom. The molecule has 0 amide bonds. The molecule has 0 aliphatic carbocycles. The predicted molar refractivity (Wildman–Crippen MR) is 64.5 cm³/mol. The maximum absolute atomic E-state index is 11.9. The van der Waals surface area contributed by atoms with Gasteiger partial charge in [-0.2, -0.15) is 0 Å². The predicted octanol–water partition coefficient (Wildman–Crippen LogP) is 2.64. The topological polar surface area (TPSA) is 38.8 Å². The van der Waals surface area contributed by atoms with E-state index in [1.165, 1.54) is 0 Å². The number of hydrogen-bond donors (Lipinski definition) is 0.